The summed E-state index contributed by atoms with van der Waals surface area (Å²) in [5.74, 6) is 0. The zero-order chi connectivity index (χ0) is 13.7. The molecule has 1 unspecified atom stereocenters. The monoisotopic (exact) mass is 265 g/mol. The van der Waals surface area contributed by atoms with Crippen molar-refractivity contribution in [3.8, 4) is 5.69 Å². The van der Waals surface area contributed by atoms with Gasteiger partial charge >= 0.3 is 0 Å². The Hall–Kier alpha value is -1.75. The highest BCUT2D eigenvalue weighted by atomic mass is 19.3. The Morgan fingerprint density at radius 3 is 2.58 bits per heavy atom. The molecule has 19 heavy (non-hydrogen) atoms. The van der Waals surface area contributed by atoms with Crippen LogP contribution in [0.1, 0.15) is 25.1 Å². The molecular formula is C14H17F2N3. The second kappa shape index (κ2) is 6.43. The minimum absolute atomic E-state index is 0.481. The fourth-order valence-electron chi connectivity index (χ4n) is 1.96. The summed E-state index contributed by atoms with van der Waals surface area (Å²) in [6, 6.07) is 9.93. The van der Waals surface area contributed by atoms with Crippen molar-refractivity contribution in [2.45, 2.75) is 25.8 Å². The van der Waals surface area contributed by atoms with E-state index in [0.717, 1.165) is 12.1 Å². The second-order valence-corrected chi connectivity index (χ2v) is 4.27. The van der Waals surface area contributed by atoms with Gasteiger partial charge in [0.15, 0.2) is 0 Å². The molecule has 0 saturated carbocycles. The third kappa shape index (κ3) is 3.17. The molecular weight excluding hydrogens is 248 g/mol. The third-order valence-electron chi connectivity index (χ3n) is 2.86. The van der Waals surface area contributed by atoms with E-state index in [1.807, 2.05) is 37.3 Å². The lowest BCUT2D eigenvalue weighted by atomic mass is 10.2. The average Bonchev–Trinajstić information content (AvgIpc) is 2.89. The predicted octanol–water partition coefficient (Wildman–Crippen LogP) is 3.18. The van der Waals surface area contributed by atoms with Gasteiger partial charge in [0.1, 0.15) is 6.04 Å². The van der Waals surface area contributed by atoms with Crippen molar-refractivity contribution in [1.29, 1.82) is 0 Å². The van der Waals surface area contributed by atoms with E-state index in [9.17, 15) is 8.78 Å². The molecule has 0 saturated heterocycles. The fraction of sp³-hybridized carbons (Fsp3) is 0.357. The van der Waals surface area contributed by atoms with Crippen LogP contribution < -0.4 is 5.32 Å². The summed E-state index contributed by atoms with van der Waals surface area (Å²) in [4.78, 5) is 0. The van der Waals surface area contributed by atoms with Gasteiger partial charge in [-0.25, -0.2) is 13.5 Å². The zero-order valence-electron chi connectivity index (χ0n) is 10.8. The minimum Gasteiger partial charge on any atom is -0.304 e. The van der Waals surface area contributed by atoms with E-state index in [1.54, 1.807) is 16.9 Å². The summed E-state index contributed by atoms with van der Waals surface area (Å²) >= 11 is 0. The van der Waals surface area contributed by atoms with Crippen LogP contribution in [0.15, 0.2) is 42.6 Å². The lowest BCUT2D eigenvalue weighted by molar-refractivity contribution is 0.0955. The van der Waals surface area contributed by atoms with Gasteiger partial charge in [-0.3, -0.25) is 0 Å². The molecule has 0 bridgehead atoms. The van der Waals surface area contributed by atoms with Crippen LogP contribution in [-0.4, -0.2) is 22.8 Å². The standard InChI is InChI=1S/C14H17F2N3/c1-2-9-17-13(14(15)16)12-8-10-18-19(12)11-6-4-3-5-7-11/h3-8,10,13-14,17H,2,9H2,1H3. The molecule has 0 aliphatic rings. The Labute approximate surface area is 111 Å². The number of nitrogens with zero attached hydrogens (tertiary/aromatic N) is 2. The molecule has 0 amide bonds. The number of hydrogen-bond acceptors (Lipinski definition) is 2. The molecule has 0 spiro atoms. The molecule has 1 N–H and O–H groups in total. The summed E-state index contributed by atoms with van der Waals surface area (Å²) in [7, 11) is 0. The first-order valence-corrected chi connectivity index (χ1v) is 6.35. The number of rotatable bonds is 6. The molecule has 0 aliphatic heterocycles. The van der Waals surface area contributed by atoms with Crippen molar-refractivity contribution in [3.63, 3.8) is 0 Å². The van der Waals surface area contributed by atoms with Crippen LogP contribution in [0.4, 0.5) is 8.78 Å². The van der Waals surface area contributed by atoms with Crippen LogP contribution in [0.5, 0.6) is 0 Å². The second-order valence-electron chi connectivity index (χ2n) is 4.27. The van der Waals surface area contributed by atoms with Gasteiger partial charge in [-0.1, -0.05) is 25.1 Å². The lowest BCUT2D eigenvalue weighted by Crippen LogP contribution is -2.30. The van der Waals surface area contributed by atoms with Crippen molar-refractivity contribution in [2.24, 2.45) is 0 Å². The molecule has 102 valence electrons. The van der Waals surface area contributed by atoms with Gasteiger partial charge in [0, 0.05) is 6.20 Å². The summed E-state index contributed by atoms with van der Waals surface area (Å²) < 4.78 is 27.9. The molecule has 0 radical (unpaired) electrons. The van der Waals surface area contributed by atoms with Crippen LogP contribution in [-0.2, 0) is 0 Å². The number of para-hydroxylation sites is 1. The Kier molecular flexibility index (Phi) is 4.63. The highest BCUT2D eigenvalue weighted by Crippen LogP contribution is 2.22. The van der Waals surface area contributed by atoms with E-state index in [-0.39, 0.29) is 0 Å². The van der Waals surface area contributed by atoms with E-state index < -0.39 is 12.5 Å². The Morgan fingerprint density at radius 1 is 1.21 bits per heavy atom. The van der Waals surface area contributed by atoms with Gasteiger partial charge in [0.25, 0.3) is 6.43 Å². The first kappa shape index (κ1) is 13.7. The van der Waals surface area contributed by atoms with Gasteiger partial charge in [-0.05, 0) is 31.2 Å². The van der Waals surface area contributed by atoms with Crippen LogP contribution in [0.3, 0.4) is 0 Å². The molecule has 0 aliphatic carbocycles. The molecule has 3 nitrogen and oxygen atoms in total. The maximum atomic E-state index is 13.2. The van der Waals surface area contributed by atoms with Crippen LogP contribution in [0.2, 0.25) is 0 Å². The number of hydrogen-bond donors (Lipinski definition) is 1. The van der Waals surface area contributed by atoms with E-state index in [1.165, 1.54) is 0 Å². The first-order valence-electron chi connectivity index (χ1n) is 6.35. The van der Waals surface area contributed by atoms with E-state index in [0.29, 0.717) is 12.2 Å². The molecule has 5 heteroatoms. The van der Waals surface area contributed by atoms with Crippen LogP contribution in [0, 0.1) is 0 Å². The quantitative estimate of drug-likeness (QED) is 0.869. The van der Waals surface area contributed by atoms with Crippen molar-refractivity contribution in [2.75, 3.05) is 6.54 Å². The van der Waals surface area contributed by atoms with Gasteiger partial charge in [-0.2, -0.15) is 5.10 Å². The Bertz CT molecular complexity index is 496. The number of benzene rings is 1. The van der Waals surface area contributed by atoms with Gasteiger partial charge in [0.2, 0.25) is 0 Å². The highest BCUT2D eigenvalue weighted by Gasteiger charge is 2.25. The smallest absolute Gasteiger partial charge is 0.259 e. The van der Waals surface area contributed by atoms with Crippen molar-refractivity contribution in [3.05, 3.63) is 48.3 Å². The average molecular weight is 265 g/mol. The maximum absolute atomic E-state index is 13.2. The molecule has 0 fully saturated rings. The SMILES string of the molecule is CCCNC(c1ccnn1-c1ccccc1)C(F)F. The first-order chi connectivity index (χ1) is 9.24. The number of alkyl halides is 2. The highest BCUT2D eigenvalue weighted by molar-refractivity contribution is 5.33. The third-order valence-corrected chi connectivity index (χ3v) is 2.86. The van der Waals surface area contributed by atoms with Gasteiger partial charge in [-0.15, -0.1) is 0 Å². The van der Waals surface area contributed by atoms with E-state index >= 15 is 0 Å². The summed E-state index contributed by atoms with van der Waals surface area (Å²) in [6.07, 6.45) is -0.112. The van der Waals surface area contributed by atoms with Crippen molar-refractivity contribution >= 4 is 0 Å². The van der Waals surface area contributed by atoms with Crippen LogP contribution in [0.25, 0.3) is 5.69 Å². The topological polar surface area (TPSA) is 29.9 Å². The fourth-order valence-corrected chi connectivity index (χ4v) is 1.96. The van der Waals surface area contributed by atoms with Gasteiger partial charge < -0.3 is 5.32 Å². The molecule has 1 aromatic heterocycles. The minimum atomic E-state index is -2.47. The number of aromatic nitrogens is 2. The molecule has 1 aromatic carbocycles. The summed E-state index contributed by atoms with van der Waals surface area (Å²) in [5, 5.41) is 7.01. The van der Waals surface area contributed by atoms with E-state index in [4.69, 9.17) is 0 Å². The zero-order valence-corrected chi connectivity index (χ0v) is 10.8. The molecule has 2 aromatic rings. The molecule has 2 rings (SSSR count). The largest absolute Gasteiger partial charge is 0.304 e. The van der Waals surface area contributed by atoms with Crippen LogP contribution >= 0.6 is 0 Å². The number of nitrogens with one attached hydrogen (secondary N) is 1. The normalized spacial score (nSPS) is 12.8. The summed E-state index contributed by atoms with van der Waals surface area (Å²) in [6.45, 7) is 2.50. The van der Waals surface area contributed by atoms with E-state index in [2.05, 4.69) is 10.4 Å². The molecule has 1 heterocycles. The lowest BCUT2D eigenvalue weighted by Gasteiger charge is -2.19. The maximum Gasteiger partial charge on any atom is 0.259 e. The number of halogens is 2. The summed E-state index contributed by atoms with van der Waals surface area (Å²) in [5.41, 5.74) is 1.26. The Morgan fingerprint density at radius 2 is 1.95 bits per heavy atom. The predicted molar refractivity (Wildman–Crippen MR) is 70.6 cm³/mol. The van der Waals surface area contributed by atoms with Crippen molar-refractivity contribution < 1.29 is 8.78 Å². The Balaban J connectivity index is 2.31. The van der Waals surface area contributed by atoms with Crippen molar-refractivity contribution in [1.82, 2.24) is 15.1 Å². The molecule has 1 atom stereocenters. The van der Waals surface area contributed by atoms with Gasteiger partial charge in [0.05, 0.1) is 11.4 Å².